The van der Waals surface area contributed by atoms with Crippen molar-refractivity contribution in [2.75, 3.05) is 19.6 Å². The van der Waals surface area contributed by atoms with Crippen molar-refractivity contribution in [3.63, 3.8) is 0 Å². The highest BCUT2D eigenvalue weighted by atomic mass is 16.4. The summed E-state index contributed by atoms with van der Waals surface area (Å²) < 4.78 is 0. The van der Waals surface area contributed by atoms with Crippen LogP contribution in [0.2, 0.25) is 0 Å². The van der Waals surface area contributed by atoms with Crippen molar-refractivity contribution in [1.29, 1.82) is 0 Å². The molecule has 0 radical (unpaired) electrons. The van der Waals surface area contributed by atoms with E-state index in [4.69, 9.17) is 5.11 Å². The second-order valence-corrected chi connectivity index (χ2v) is 6.12. The second kappa shape index (κ2) is 7.47. The third-order valence-electron chi connectivity index (χ3n) is 4.28. The predicted octanol–water partition coefficient (Wildman–Crippen LogP) is 1.04. The Hall–Kier alpha value is -1.79. The van der Waals surface area contributed by atoms with Crippen LogP contribution in [0.3, 0.4) is 0 Å². The number of aliphatic carboxylic acids is 1. The predicted molar refractivity (Wildman–Crippen MR) is 80.4 cm³/mol. The number of hydrogen-bond acceptors (Lipinski definition) is 3. The number of likely N-dealkylation sites (tertiary alicyclic amines) is 1. The average molecular weight is 311 g/mol. The number of rotatable bonds is 7. The summed E-state index contributed by atoms with van der Waals surface area (Å²) >= 11 is 0. The first-order valence-corrected chi connectivity index (χ1v) is 8.02. The van der Waals surface area contributed by atoms with Crippen LogP contribution in [0.25, 0.3) is 0 Å². The van der Waals surface area contributed by atoms with Gasteiger partial charge in [0.1, 0.15) is 0 Å². The number of carbonyl (C=O) groups excluding carboxylic acids is 2. The molecule has 7 nitrogen and oxygen atoms in total. The molecule has 2 fully saturated rings. The summed E-state index contributed by atoms with van der Waals surface area (Å²) in [5.41, 5.74) is 0. The Kier molecular flexibility index (Phi) is 5.63. The lowest BCUT2D eigenvalue weighted by atomic mass is 10.2. The van der Waals surface area contributed by atoms with Crippen LogP contribution in [0.15, 0.2) is 0 Å². The van der Waals surface area contributed by atoms with Crippen LogP contribution in [0.1, 0.15) is 45.4 Å². The number of hydrogen-bond donors (Lipinski definition) is 2. The molecular formula is C15H25N3O4. The number of nitrogens with zero attached hydrogens (tertiary/aromatic N) is 2. The molecule has 2 aliphatic rings. The van der Waals surface area contributed by atoms with E-state index in [1.807, 2.05) is 4.90 Å². The SMILES string of the molecule is CC(=O)N(CC1CCCN1C(=O)NCCCC(=O)O)C1CC1. The summed E-state index contributed by atoms with van der Waals surface area (Å²) in [5, 5.41) is 11.4. The van der Waals surface area contributed by atoms with Crippen LogP contribution in [0.5, 0.6) is 0 Å². The van der Waals surface area contributed by atoms with Gasteiger partial charge in [0.05, 0.1) is 6.04 Å². The zero-order chi connectivity index (χ0) is 16.1. The standard InChI is InChI=1S/C15H25N3O4/c1-11(19)18(12-6-7-12)10-13-4-3-9-17(13)15(22)16-8-2-5-14(20)21/h12-13H,2-10H2,1H3,(H,16,22)(H,20,21). The molecule has 0 aromatic carbocycles. The Balaban J connectivity index is 1.80. The highest BCUT2D eigenvalue weighted by molar-refractivity contribution is 5.76. The fourth-order valence-electron chi connectivity index (χ4n) is 2.98. The van der Waals surface area contributed by atoms with E-state index in [2.05, 4.69) is 5.32 Å². The van der Waals surface area contributed by atoms with E-state index in [1.54, 1.807) is 11.8 Å². The monoisotopic (exact) mass is 311 g/mol. The molecule has 1 unspecified atom stereocenters. The number of nitrogens with one attached hydrogen (secondary N) is 1. The molecule has 0 aromatic heterocycles. The summed E-state index contributed by atoms with van der Waals surface area (Å²) in [6.07, 6.45) is 4.48. The number of carboxylic acid groups (broad SMARTS) is 1. The lowest BCUT2D eigenvalue weighted by Gasteiger charge is -2.30. The van der Waals surface area contributed by atoms with Gasteiger partial charge in [-0.3, -0.25) is 9.59 Å². The van der Waals surface area contributed by atoms with Crippen molar-refractivity contribution in [1.82, 2.24) is 15.1 Å². The van der Waals surface area contributed by atoms with Crippen molar-refractivity contribution >= 4 is 17.9 Å². The van der Waals surface area contributed by atoms with Crippen LogP contribution in [-0.4, -0.2) is 64.5 Å². The Morgan fingerprint density at radius 1 is 1.27 bits per heavy atom. The van der Waals surface area contributed by atoms with Gasteiger partial charge in [-0.25, -0.2) is 4.79 Å². The van der Waals surface area contributed by atoms with Crippen molar-refractivity contribution in [2.45, 2.75) is 57.5 Å². The Morgan fingerprint density at radius 3 is 2.59 bits per heavy atom. The zero-order valence-electron chi connectivity index (χ0n) is 13.1. The van der Waals surface area contributed by atoms with Crippen molar-refractivity contribution in [2.24, 2.45) is 0 Å². The number of urea groups is 1. The maximum Gasteiger partial charge on any atom is 0.317 e. The van der Waals surface area contributed by atoms with Crippen LogP contribution in [0, 0.1) is 0 Å². The van der Waals surface area contributed by atoms with E-state index in [-0.39, 0.29) is 24.4 Å². The summed E-state index contributed by atoms with van der Waals surface area (Å²) in [6, 6.07) is 0.287. The molecule has 22 heavy (non-hydrogen) atoms. The molecule has 1 aliphatic carbocycles. The number of carbonyl (C=O) groups is 3. The largest absolute Gasteiger partial charge is 0.481 e. The number of amides is 3. The fourth-order valence-corrected chi connectivity index (χ4v) is 2.98. The van der Waals surface area contributed by atoms with Gasteiger partial charge < -0.3 is 20.2 Å². The van der Waals surface area contributed by atoms with Crippen LogP contribution in [-0.2, 0) is 9.59 Å². The van der Waals surface area contributed by atoms with Gasteiger partial charge in [-0.15, -0.1) is 0 Å². The Bertz CT molecular complexity index is 437. The molecule has 124 valence electrons. The first-order chi connectivity index (χ1) is 10.5. The Morgan fingerprint density at radius 2 is 2.00 bits per heavy atom. The van der Waals surface area contributed by atoms with Crippen molar-refractivity contribution in [3.8, 4) is 0 Å². The van der Waals surface area contributed by atoms with Crippen LogP contribution < -0.4 is 5.32 Å². The molecule has 1 aliphatic heterocycles. The third-order valence-corrected chi connectivity index (χ3v) is 4.28. The van der Waals surface area contributed by atoms with Gasteiger partial charge in [0.15, 0.2) is 0 Å². The van der Waals surface area contributed by atoms with E-state index < -0.39 is 5.97 Å². The Labute approximate surface area is 130 Å². The van der Waals surface area contributed by atoms with Gasteiger partial charge in [0.25, 0.3) is 0 Å². The van der Waals surface area contributed by atoms with Crippen molar-refractivity contribution in [3.05, 3.63) is 0 Å². The molecular weight excluding hydrogens is 286 g/mol. The normalized spacial score (nSPS) is 20.8. The lowest BCUT2D eigenvalue weighted by Crippen LogP contribution is -2.49. The first kappa shape index (κ1) is 16.6. The average Bonchev–Trinajstić information content (AvgIpc) is 3.18. The van der Waals surface area contributed by atoms with E-state index in [0.29, 0.717) is 32.1 Å². The third kappa shape index (κ3) is 4.61. The summed E-state index contributed by atoms with van der Waals surface area (Å²) in [4.78, 5) is 38.0. The van der Waals surface area contributed by atoms with E-state index in [9.17, 15) is 14.4 Å². The minimum absolute atomic E-state index is 0.0590. The van der Waals surface area contributed by atoms with Gasteiger partial charge in [-0.1, -0.05) is 0 Å². The molecule has 2 rings (SSSR count). The minimum Gasteiger partial charge on any atom is -0.481 e. The van der Waals surface area contributed by atoms with Gasteiger partial charge in [0.2, 0.25) is 5.91 Å². The topological polar surface area (TPSA) is 90.0 Å². The van der Waals surface area contributed by atoms with Crippen molar-refractivity contribution < 1.29 is 19.5 Å². The molecule has 1 saturated heterocycles. The van der Waals surface area contributed by atoms with E-state index in [0.717, 1.165) is 25.7 Å². The fraction of sp³-hybridized carbons (Fsp3) is 0.800. The molecule has 3 amide bonds. The quantitative estimate of drug-likeness (QED) is 0.687. The molecule has 1 heterocycles. The molecule has 0 spiro atoms. The molecule has 1 saturated carbocycles. The van der Waals surface area contributed by atoms with E-state index >= 15 is 0 Å². The molecule has 0 bridgehead atoms. The minimum atomic E-state index is -0.852. The zero-order valence-corrected chi connectivity index (χ0v) is 13.1. The van der Waals surface area contributed by atoms with Gasteiger partial charge in [-0.2, -0.15) is 0 Å². The summed E-state index contributed by atoms with van der Waals surface area (Å²) in [7, 11) is 0. The number of carboxylic acids is 1. The maximum absolute atomic E-state index is 12.2. The molecule has 7 heteroatoms. The second-order valence-electron chi connectivity index (χ2n) is 6.12. The first-order valence-electron chi connectivity index (χ1n) is 8.02. The van der Waals surface area contributed by atoms with E-state index in [1.165, 1.54) is 0 Å². The summed E-state index contributed by atoms with van der Waals surface area (Å²) in [5.74, 6) is -0.772. The maximum atomic E-state index is 12.2. The highest BCUT2D eigenvalue weighted by Gasteiger charge is 2.36. The van der Waals surface area contributed by atoms with Crippen LogP contribution in [0.4, 0.5) is 4.79 Å². The summed E-state index contributed by atoms with van der Waals surface area (Å²) in [6.45, 7) is 3.27. The van der Waals surface area contributed by atoms with Gasteiger partial charge >= 0.3 is 12.0 Å². The molecule has 2 N–H and O–H groups in total. The lowest BCUT2D eigenvalue weighted by molar-refractivity contribution is -0.137. The van der Waals surface area contributed by atoms with Crippen LogP contribution >= 0.6 is 0 Å². The molecule has 0 aromatic rings. The highest BCUT2D eigenvalue weighted by Crippen LogP contribution is 2.29. The molecule has 1 atom stereocenters. The van der Waals surface area contributed by atoms with Gasteiger partial charge in [-0.05, 0) is 32.1 Å². The van der Waals surface area contributed by atoms with Gasteiger partial charge in [0, 0.05) is 39.0 Å². The smallest absolute Gasteiger partial charge is 0.317 e.